The minimum atomic E-state index is -1.11. The lowest BCUT2D eigenvalue weighted by atomic mass is 9.98. The van der Waals surface area contributed by atoms with Gasteiger partial charge in [0.2, 0.25) is 0 Å². The fourth-order valence-corrected chi connectivity index (χ4v) is 1.90. The van der Waals surface area contributed by atoms with E-state index in [1.165, 1.54) is 6.20 Å². The summed E-state index contributed by atoms with van der Waals surface area (Å²) in [5.41, 5.74) is 1.77. The summed E-state index contributed by atoms with van der Waals surface area (Å²) in [7, 11) is 0. The second-order valence-corrected chi connectivity index (χ2v) is 4.07. The number of allylic oxidation sites excluding steroid dienone is 2. The zero-order valence-corrected chi connectivity index (χ0v) is 10.9. The number of carboxylic acid groups (broad SMARTS) is 1. The molecule has 6 nitrogen and oxygen atoms in total. The van der Waals surface area contributed by atoms with Crippen molar-refractivity contribution in [2.45, 2.75) is 6.92 Å². The van der Waals surface area contributed by atoms with Crippen LogP contribution >= 0.6 is 0 Å². The number of hydrogen-bond acceptors (Lipinski definition) is 4. The number of rotatable bonds is 3. The van der Waals surface area contributed by atoms with E-state index >= 15 is 0 Å². The molecular weight excluding hydrogens is 260 g/mol. The third-order valence-electron chi connectivity index (χ3n) is 2.83. The number of esters is 1. The molecule has 0 aliphatic carbocycles. The van der Waals surface area contributed by atoms with Gasteiger partial charge < -0.3 is 9.84 Å². The van der Waals surface area contributed by atoms with Crippen molar-refractivity contribution in [3.63, 3.8) is 0 Å². The van der Waals surface area contributed by atoms with E-state index in [0.29, 0.717) is 11.1 Å². The molecule has 1 N–H and O–H groups in total. The third kappa shape index (κ3) is 2.85. The molecule has 1 amide bonds. The van der Waals surface area contributed by atoms with Crippen molar-refractivity contribution < 1.29 is 19.4 Å². The molecule has 1 aromatic heterocycles. The first kappa shape index (κ1) is 13.8. The number of carbonyl (C=O) groups excluding carboxylic acids is 1. The molecule has 0 spiro atoms. The zero-order valence-electron chi connectivity index (χ0n) is 10.9. The highest BCUT2D eigenvalue weighted by molar-refractivity contribution is 6.01. The number of amides is 1. The van der Waals surface area contributed by atoms with E-state index in [2.05, 4.69) is 4.98 Å². The summed E-state index contributed by atoms with van der Waals surface area (Å²) in [5.74, 6) is -0.505. The number of pyridine rings is 1. The van der Waals surface area contributed by atoms with Gasteiger partial charge in [0, 0.05) is 18.6 Å². The quantitative estimate of drug-likeness (QED) is 0.851. The first-order valence-corrected chi connectivity index (χ1v) is 6.12. The van der Waals surface area contributed by atoms with E-state index in [0.717, 1.165) is 10.5 Å². The van der Waals surface area contributed by atoms with E-state index in [-0.39, 0.29) is 13.2 Å². The van der Waals surface area contributed by atoms with Crippen LogP contribution in [0.4, 0.5) is 4.79 Å². The maximum Gasteiger partial charge on any atom is 0.411 e. The SMILES string of the molecule is CCOC(=O)C1=C(c2ccncc2)C=CN(C(=O)O)C1. The lowest BCUT2D eigenvalue weighted by molar-refractivity contribution is -0.138. The monoisotopic (exact) mass is 274 g/mol. The number of hydrogen-bond donors (Lipinski definition) is 1. The number of nitrogens with zero attached hydrogens (tertiary/aromatic N) is 2. The van der Waals surface area contributed by atoms with Gasteiger partial charge in [0.25, 0.3) is 0 Å². The first-order chi connectivity index (χ1) is 9.63. The highest BCUT2D eigenvalue weighted by Crippen LogP contribution is 2.25. The van der Waals surface area contributed by atoms with Gasteiger partial charge in [0.1, 0.15) is 0 Å². The molecule has 0 unspecified atom stereocenters. The van der Waals surface area contributed by atoms with E-state index in [9.17, 15) is 9.59 Å². The Morgan fingerprint density at radius 1 is 1.40 bits per heavy atom. The van der Waals surface area contributed by atoms with Crippen molar-refractivity contribution in [2.75, 3.05) is 13.2 Å². The summed E-state index contributed by atoms with van der Waals surface area (Å²) < 4.78 is 5.00. The van der Waals surface area contributed by atoms with Crippen LogP contribution in [0, 0.1) is 0 Å². The topological polar surface area (TPSA) is 79.7 Å². The molecule has 0 bridgehead atoms. The van der Waals surface area contributed by atoms with Gasteiger partial charge >= 0.3 is 12.1 Å². The molecule has 0 saturated carbocycles. The average molecular weight is 274 g/mol. The lowest BCUT2D eigenvalue weighted by Crippen LogP contribution is -2.31. The van der Waals surface area contributed by atoms with Gasteiger partial charge in [-0.05, 0) is 36.3 Å². The van der Waals surface area contributed by atoms with Crippen LogP contribution < -0.4 is 0 Å². The minimum absolute atomic E-state index is 0.0255. The Balaban J connectivity index is 2.42. The number of aromatic nitrogens is 1. The van der Waals surface area contributed by atoms with Crippen LogP contribution in [-0.2, 0) is 9.53 Å². The van der Waals surface area contributed by atoms with E-state index in [1.807, 2.05) is 0 Å². The molecule has 1 aliphatic rings. The van der Waals surface area contributed by atoms with Crippen LogP contribution in [0.25, 0.3) is 5.57 Å². The molecule has 6 heteroatoms. The van der Waals surface area contributed by atoms with E-state index in [1.54, 1.807) is 37.5 Å². The Hall–Kier alpha value is -2.63. The summed E-state index contributed by atoms with van der Waals surface area (Å²) in [6, 6.07) is 3.52. The molecule has 0 aromatic carbocycles. The number of carbonyl (C=O) groups is 2. The summed E-state index contributed by atoms with van der Waals surface area (Å²) >= 11 is 0. The molecule has 0 fully saturated rings. The second kappa shape index (κ2) is 6.01. The zero-order chi connectivity index (χ0) is 14.5. The molecular formula is C14H14N2O4. The van der Waals surface area contributed by atoms with E-state index in [4.69, 9.17) is 9.84 Å². The maximum absolute atomic E-state index is 12.0. The van der Waals surface area contributed by atoms with Crippen LogP contribution in [-0.4, -0.2) is 40.2 Å². The number of ether oxygens (including phenoxy) is 1. The fourth-order valence-electron chi connectivity index (χ4n) is 1.90. The van der Waals surface area contributed by atoms with Crippen molar-refractivity contribution in [3.05, 3.63) is 47.9 Å². The molecule has 1 aliphatic heterocycles. The Kier molecular flexibility index (Phi) is 4.14. The fraction of sp³-hybridized carbons (Fsp3) is 0.214. The van der Waals surface area contributed by atoms with Crippen molar-refractivity contribution in [2.24, 2.45) is 0 Å². The van der Waals surface area contributed by atoms with Crippen molar-refractivity contribution in [3.8, 4) is 0 Å². The first-order valence-electron chi connectivity index (χ1n) is 6.12. The lowest BCUT2D eigenvalue weighted by Gasteiger charge is -2.22. The highest BCUT2D eigenvalue weighted by atomic mass is 16.5. The summed E-state index contributed by atoms with van der Waals surface area (Å²) in [5, 5.41) is 9.01. The Morgan fingerprint density at radius 3 is 2.70 bits per heavy atom. The predicted octanol–water partition coefficient (Wildman–Crippen LogP) is 1.91. The van der Waals surface area contributed by atoms with Crippen molar-refractivity contribution in [1.82, 2.24) is 9.88 Å². The molecule has 104 valence electrons. The molecule has 0 atom stereocenters. The van der Waals surface area contributed by atoms with Gasteiger partial charge in [0.15, 0.2) is 0 Å². The van der Waals surface area contributed by atoms with Crippen LogP contribution in [0.1, 0.15) is 12.5 Å². The van der Waals surface area contributed by atoms with E-state index < -0.39 is 12.1 Å². The Bertz CT molecular complexity index is 578. The molecule has 2 rings (SSSR count). The smallest absolute Gasteiger partial charge is 0.411 e. The minimum Gasteiger partial charge on any atom is -0.465 e. The average Bonchev–Trinajstić information content (AvgIpc) is 2.47. The molecule has 2 heterocycles. The van der Waals surface area contributed by atoms with Gasteiger partial charge in [-0.25, -0.2) is 9.59 Å². The molecule has 0 radical (unpaired) electrons. The van der Waals surface area contributed by atoms with Crippen LogP contribution in [0.5, 0.6) is 0 Å². The molecule has 1 aromatic rings. The summed E-state index contributed by atoms with van der Waals surface area (Å²) in [6.45, 7) is 1.92. The highest BCUT2D eigenvalue weighted by Gasteiger charge is 2.24. The maximum atomic E-state index is 12.0. The van der Waals surface area contributed by atoms with Crippen LogP contribution in [0.15, 0.2) is 42.4 Å². The van der Waals surface area contributed by atoms with Gasteiger partial charge in [-0.3, -0.25) is 9.88 Å². The van der Waals surface area contributed by atoms with Gasteiger partial charge in [0.05, 0.1) is 18.7 Å². The third-order valence-corrected chi connectivity index (χ3v) is 2.83. The summed E-state index contributed by atoms with van der Waals surface area (Å²) in [4.78, 5) is 28.0. The summed E-state index contributed by atoms with van der Waals surface area (Å²) in [6.07, 6.45) is 5.14. The normalized spacial score (nSPS) is 14.3. The van der Waals surface area contributed by atoms with Gasteiger partial charge in [-0.15, -0.1) is 0 Å². The Labute approximate surface area is 116 Å². The van der Waals surface area contributed by atoms with Gasteiger partial charge in [-0.1, -0.05) is 0 Å². The largest absolute Gasteiger partial charge is 0.465 e. The molecule has 20 heavy (non-hydrogen) atoms. The second-order valence-electron chi connectivity index (χ2n) is 4.07. The van der Waals surface area contributed by atoms with Crippen molar-refractivity contribution in [1.29, 1.82) is 0 Å². The van der Waals surface area contributed by atoms with Crippen LogP contribution in [0.3, 0.4) is 0 Å². The predicted molar refractivity (Wildman–Crippen MR) is 71.7 cm³/mol. The molecule has 0 saturated heterocycles. The van der Waals surface area contributed by atoms with Crippen molar-refractivity contribution >= 4 is 17.6 Å². The van der Waals surface area contributed by atoms with Gasteiger partial charge in [-0.2, -0.15) is 0 Å². The Morgan fingerprint density at radius 2 is 2.10 bits per heavy atom. The standard InChI is InChI=1S/C14H14N2O4/c1-2-20-13(17)12-9-16(14(18)19)8-5-11(12)10-3-6-15-7-4-10/h3-8H,2,9H2,1H3,(H,18,19). The van der Waals surface area contributed by atoms with Crippen LogP contribution in [0.2, 0.25) is 0 Å².